The summed E-state index contributed by atoms with van der Waals surface area (Å²) in [5, 5.41) is 37.7. The molecule has 1 aliphatic heterocycles. The van der Waals surface area contributed by atoms with Crippen molar-refractivity contribution in [1.29, 1.82) is 5.26 Å². The van der Waals surface area contributed by atoms with E-state index in [0.29, 0.717) is 5.52 Å². The van der Waals surface area contributed by atoms with Crippen molar-refractivity contribution in [2.75, 3.05) is 6.61 Å². The number of hydrogen-bond donors (Lipinski definition) is 4. The zero-order valence-corrected chi connectivity index (χ0v) is 10.1. The largest absolute Gasteiger partial charge is 0.394 e. The van der Waals surface area contributed by atoms with Gasteiger partial charge in [0.2, 0.25) is 0 Å². The van der Waals surface area contributed by atoms with Gasteiger partial charge in [0.05, 0.1) is 12.9 Å². The molecule has 9 heteroatoms. The molecule has 0 radical (unpaired) electrons. The summed E-state index contributed by atoms with van der Waals surface area (Å²) in [6.07, 6.45) is -3.08. The van der Waals surface area contributed by atoms with E-state index >= 15 is 0 Å². The maximum atomic E-state index is 9.92. The number of rotatable bonds is 2. The van der Waals surface area contributed by atoms with Gasteiger partial charge in [0.15, 0.2) is 17.2 Å². The highest BCUT2D eigenvalue weighted by molar-refractivity contribution is 5.75. The number of nitrogens with one attached hydrogen (secondary N) is 1. The number of aliphatic hydroxyl groups is 3. The Morgan fingerprint density at radius 1 is 1.35 bits per heavy atom. The Morgan fingerprint density at radius 3 is 2.80 bits per heavy atom. The van der Waals surface area contributed by atoms with Gasteiger partial charge in [-0.25, -0.2) is 15.0 Å². The van der Waals surface area contributed by atoms with Crippen LogP contribution in [0.2, 0.25) is 0 Å². The molecular formula is C11H11N5O4. The van der Waals surface area contributed by atoms with Crippen molar-refractivity contribution >= 4 is 11.2 Å². The number of fused-ring (bicyclic) bond motifs is 1. The van der Waals surface area contributed by atoms with Crippen molar-refractivity contribution in [3.05, 3.63) is 17.8 Å². The van der Waals surface area contributed by atoms with Gasteiger partial charge in [-0.1, -0.05) is 0 Å². The summed E-state index contributed by atoms with van der Waals surface area (Å²) in [4.78, 5) is 14.8. The molecule has 1 saturated heterocycles. The summed E-state index contributed by atoms with van der Waals surface area (Å²) < 4.78 is 5.32. The van der Waals surface area contributed by atoms with Crippen LogP contribution in [0, 0.1) is 11.3 Å². The van der Waals surface area contributed by atoms with Gasteiger partial charge in [0.25, 0.3) is 0 Å². The first kappa shape index (κ1) is 12.9. The van der Waals surface area contributed by atoms with E-state index in [-0.39, 0.29) is 17.2 Å². The number of H-pyrrole nitrogens is 1. The molecule has 2 aromatic heterocycles. The normalized spacial score (nSPS) is 29.7. The van der Waals surface area contributed by atoms with Crippen molar-refractivity contribution in [3.63, 3.8) is 0 Å². The Morgan fingerprint density at radius 2 is 2.15 bits per heavy atom. The van der Waals surface area contributed by atoms with E-state index in [4.69, 9.17) is 15.1 Å². The van der Waals surface area contributed by atoms with E-state index < -0.39 is 31.0 Å². The Bertz CT molecular complexity index is 681. The van der Waals surface area contributed by atoms with Crippen LogP contribution in [-0.2, 0) is 4.74 Å². The topological polar surface area (TPSA) is 148 Å². The van der Waals surface area contributed by atoms with Crippen molar-refractivity contribution in [2.24, 2.45) is 0 Å². The number of aliphatic hydroxyl groups excluding tert-OH is 3. The van der Waals surface area contributed by atoms with Crippen LogP contribution >= 0.6 is 0 Å². The summed E-state index contributed by atoms with van der Waals surface area (Å²) in [6, 6.07) is 1.90. The van der Waals surface area contributed by atoms with Crippen LogP contribution < -0.4 is 0 Å². The second-order valence-electron chi connectivity index (χ2n) is 4.40. The van der Waals surface area contributed by atoms with Crippen molar-refractivity contribution < 1.29 is 20.1 Å². The highest BCUT2D eigenvalue weighted by atomic mass is 16.6. The number of nitrogens with zero attached hydrogens (tertiary/aromatic N) is 4. The Balaban J connectivity index is 2.05. The standard InChI is InChI=1S/C11H11N5O4/c12-1-4-6-10(14-3-13-6)16-11(15-4)9-8(19)7(18)5(2-17)20-9/h3,5,7-9,17-19H,2H2,(H,13,14,15,16)/t5-,7-,8-,9?/m1/s1. The molecule has 4 atom stereocenters. The maximum absolute atomic E-state index is 9.92. The number of nitriles is 1. The van der Waals surface area contributed by atoms with Crippen LogP contribution in [0.1, 0.15) is 17.6 Å². The Hall–Kier alpha value is -2.12. The van der Waals surface area contributed by atoms with Gasteiger partial charge in [0.1, 0.15) is 36.0 Å². The van der Waals surface area contributed by atoms with Gasteiger partial charge in [-0.15, -0.1) is 0 Å². The van der Waals surface area contributed by atoms with E-state index in [2.05, 4.69) is 19.9 Å². The van der Waals surface area contributed by atoms with E-state index in [1.807, 2.05) is 6.07 Å². The molecule has 0 amide bonds. The molecule has 4 N–H and O–H groups in total. The molecule has 0 saturated carbocycles. The lowest BCUT2D eigenvalue weighted by molar-refractivity contribution is -0.0252. The summed E-state index contributed by atoms with van der Waals surface area (Å²) in [7, 11) is 0. The molecule has 104 valence electrons. The van der Waals surface area contributed by atoms with Gasteiger partial charge in [0, 0.05) is 0 Å². The number of aromatic amines is 1. The Labute approximate surface area is 112 Å². The zero-order valence-electron chi connectivity index (χ0n) is 10.1. The summed E-state index contributed by atoms with van der Waals surface area (Å²) in [5.74, 6) is 0.0450. The lowest BCUT2D eigenvalue weighted by atomic mass is 10.1. The highest BCUT2D eigenvalue weighted by Gasteiger charge is 2.44. The van der Waals surface area contributed by atoms with Gasteiger partial charge in [-0.3, -0.25) is 0 Å². The van der Waals surface area contributed by atoms with Crippen LogP contribution in [0.15, 0.2) is 6.33 Å². The first-order valence-electron chi connectivity index (χ1n) is 5.89. The zero-order chi connectivity index (χ0) is 14.3. The summed E-state index contributed by atoms with van der Waals surface area (Å²) >= 11 is 0. The van der Waals surface area contributed by atoms with Crippen LogP contribution in [0.25, 0.3) is 11.2 Å². The third-order valence-corrected chi connectivity index (χ3v) is 3.21. The molecule has 1 unspecified atom stereocenters. The summed E-state index contributed by atoms with van der Waals surface area (Å²) in [5.41, 5.74) is 0.729. The lowest BCUT2D eigenvalue weighted by Crippen LogP contribution is -2.32. The first-order chi connectivity index (χ1) is 9.65. The molecule has 3 heterocycles. The summed E-state index contributed by atoms with van der Waals surface area (Å²) in [6.45, 7) is -0.440. The molecule has 0 aromatic carbocycles. The molecule has 0 aliphatic carbocycles. The third kappa shape index (κ3) is 1.83. The predicted octanol–water partition coefficient (Wildman–Crippen LogP) is -1.62. The minimum absolute atomic E-state index is 0.0450. The van der Waals surface area contributed by atoms with E-state index in [1.54, 1.807) is 0 Å². The van der Waals surface area contributed by atoms with Crippen LogP contribution in [0.3, 0.4) is 0 Å². The maximum Gasteiger partial charge on any atom is 0.182 e. The number of aromatic nitrogens is 4. The SMILES string of the molecule is N#Cc1nc(C2O[C@H](CO)[C@@H](O)[C@H]2O)nc2nc[nH]c12. The van der Waals surface area contributed by atoms with Gasteiger partial charge in [-0.2, -0.15) is 5.26 Å². The lowest BCUT2D eigenvalue weighted by Gasteiger charge is -2.13. The molecule has 2 aromatic rings. The molecule has 20 heavy (non-hydrogen) atoms. The number of hydrogen-bond acceptors (Lipinski definition) is 8. The van der Waals surface area contributed by atoms with E-state index in [0.717, 1.165) is 0 Å². The van der Waals surface area contributed by atoms with Crippen molar-refractivity contribution in [3.8, 4) is 6.07 Å². The second-order valence-corrected chi connectivity index (χ2v) is 4.40. The molecule has 9 nitrogen and oxygen atoms in total. The first-order valence-corrected chi connectivity index (χ1v) is 5.89. The fourth-order valence-corrected chi connectivity index (χ4v) is 2.17. The molecule has 3 rings (SSSR count). The fourth-order valence-electron chi connectivity index (χ4n) is 2.17. The van der Waals surface area contributed by atoms with Crippen LogP contribution in [0.4, 0.5) is 0 Å². The Kier molecular flexibility index (Phi) is 3.07. The van der Waals surface area contributed by atoms with Crippen LogP contribution in [0.5, 0.6) is 0 Å². The highest BCUT2D eigenvalue weighted by Crippen LogP contribution is 2.32. The van der Waals surface area contributed by atoms with Crippen LogP contribution in [-0.4, -0.2) is 60.2 Å². The molecular weight excluding hydrogens is 266 g/mol. The average Bonchev–Trinajstić information content (AvgIpc) is 3.04. The monoisotopic (exact) mass is 277 g/mol. The van der Waals surface area contributed by atoms with E-state index in [1.165, 1.54) is 6.33 Å². The minimum Gasteiger partial charge on any atom is -0.394 e. The third-order valence-electron chi connectivity index (χ3n) is 3.21. The fraction of sp³-hybridized carbons (Fsp3) is 0.455. The predicted molar refractivity (Wildman–Crippen MR) is 63.1 cm³/mol. The molecule has 1 aliphatic rings. The van der Waals surface area contributed by atoms with Gasteiger partial charge in [-0.05, 0) is 0 Å². The number of imidazole rings is 1. The molecule has 0 bridgehead atoms. The van der Waals surface area contributed by atoms with Crippen molar-refractivity contribution in [2.45, 2.75) is 24.4 Å². The minimum atomic E-state index is -1.28. The second kappa shape index (κ2) is 4.77. The average molecular weight is 277 g/mol. The molecule has 1 fully saturated rings. The number of ether oxygens (including phenoxy) is 1. The van der Waals surface area contributed by atoms with Gasteiger partial charge < -0.3 is 25.0 Å². The van der Waals surface area contributed by atoms with Gasteiger partial charge >= 0.3 is 0 Å². The van der Waals surface area contributed by atoms with E-state index in [9.17, 15) is 10.2 Å². The quantitative estimate of drug-likeness (QED) is 0.511. The smallest absolute Gasteiger partial charge is 0.182 e. The van der Waals surface area contributed by atoms with Crippen molar-refractivity contribution in [1.82, 2.24) is 19.9 Å². The molecule has 0 spiro atoms.